The van der Waals surface area contributed by atoms with Crippen molar-refractivity contribution >= 4 is 27.6 Å². The third-order valence-corrected chi connectivity index (χ3v) is 5.46. The van der Waals surface area contributed by atoms with Crippen LogP contribution in [-0.2, 0) is 4.74 Å². The van der Waals surface area contributed by atoms with Crippen molar-refractivity contribution in [3.8, 4) is 11.5 Å². The molecule has 1 fully saturated rings. The number of halogens is 1. The number of anilines is 1. The summed E-state index contributed by atoms with van der Waals surface area (Å²) in [5.41, 5.74) is 0.499. The van der Waals surface area contributed by atoms with Crippen LogP contribution in [0.1, 0.15) is 20.8 Å². The van der Waals surface area contributed by atoms with E-state index in [4.69, 9.17) is 14.2 Å². The zero-order valence-corrected chi connectivity index (χ0v) is 16.5. The molecule has 0 radical (unpaired) electrons. The number of nitrogens with one attached hydrogen (secondary N) is 2. The normalized spacial score (nSPS) is 24.7. The Kier molecular flexibility index (Phi) is 5.65. The minimum atomic E-state index is -0.262. The second-order valence-corrected chi connectivity index (χ2v) is 7.45. The highest BCUT2D eigenvalue weighted by molar-refractivity contribution is 9.10. The first-order valence-electron chi connectivity index (χ1n) is 7.78. The summed E-state index contributed by atoms with van der Waals surface area (Å²) in [5.74, 6) is 1.39. The van der Waals surface area contributed by atoms with E-state index < -0.39 is 0 Å². The van der Waals surface area contributed by atoms with Crippen LogP contribution in [-0.4, -0.2) is 39.5 Å². The second-order valence-electron chi connectivity index (χ2n) is 6.60. The van der Waals surface area contributed by atoms with E-state index in [1.807, 2.05) is 0 Å². The molecule has 0 aliphatic heterocycles. The molecule has 1 aliphatic carbocycles. The Balaban J connectivity index is 2.08. The highest BCUT2D eigenvalue weighted by Crippen LogP contribution is 2.47. The van der Waals surface area contributed by atoms with Crippen LogP contribution in [0.15, 0.2) is 16.6 Å². The fraction of sp³-hybridized carbons (Fsp3) is 0.588. The number of carbonyl (C=O) groups excluding carboxylic acids is 1. The Morgan fingerprint density at radius 2 is 1.75 bits per heavy atom. The predicted molar refractivity (Wildman–Crippen MR) is 96.9 cm³/mol. The third kappa shape index (κ3) is 3.32. The molecule has 0 heterocycles. The van der Waals surface area contributed by atoms with Crippen LogP contribution in [0.4, 0.5) is 10.5 Å². The first-order valence-corrected chi connectivity index (χ1v) is 8.57. The maximum atomic E-state index is 12.4. The molecule has 134 valence electrons. The van der Waals surface area contributed by atoms with Gasteiger partial charge in [-0.3, -0.25) is 0 Å². The molecule has 2 N–H and O–H groups in total. The average Bonchev–Trinajstić information content (AvgIpc) is 2.54. The van der Waals surface area contributed by atoms with Crippen LogP contribution >= 0.6 is 15.9 Å². The van der Waals surface area contributed by atoms with Crippen molar-refractivity contribution in [2.75, 3.05) is 26.6 Å². The number of ether oxygens (including phenoxy) is 3. The lowest BCUT2D eigenvalue weighted by Crippen LogP contribution is -2.68. The molecule has 2 rings (SSSR count). The molecule has 1 aliphatic rings. The Bertz CT molecular complexity index is 621. The molecule has 0 spiro atoms. The molecule has 24 heavy (non-hydrogen) atoms. The van der Waals surface area contributed by atoms with Gasteiger partial charge in [0.05, 0.1) is 26.0 Å². The van der Waals surface area contributed by atoms with Gasteiger partial charge >= 0.3 is 6.03 Å². The molecule has 1 saturated carbocycles. The summed E-state index contributed by atoms with van der Waals surface area (Å²) >= 11 is 3.43. The first-order chi connectivity index (χ1) is 11.3. The number of rotatable bonds is 5. The van der Waals surface area contributed by atoms with E-state index in [0.29, 0.717) is 21.7 Å². The lowest BCUT2D eigenvalue weighted by atomic mass is 9.58. The quantitative estimate of drug-likeness (QED) is 0.791. The van der Waals surface area contributed by atoms with Crippen molar-refractivity contribution in [3.05, 3.63) is 16.6 Å². The molecule has 7 heteroatoms. The minimum absolute atomic E-state index is 0.0429. The zero-order chi connectivity index (χ0) is 18.1. The Hall–Kier alpha value is -1.47. The lowest BCUT2D eigenvalue weighted by Gasteiger charge is -2.56. The van der Waals surface area contributed by atoms with E-state index in [1.165, 1.54) is 0 Å². The molecule has 0 aromatic heterocycles. The Labute approximate surface area is 151 Å². The molecule has 0 bridgehead atoms. The summed E-state index contributed by atoms with van der Waals surface area (Å²) in [4.78, 5) is 12.4. The SMILES string of the molecule is COc1cc(Br)c(NC(=O)NC2C(C)C(OC)C2(C)C)cc1OC. The third-order valence-electron chi connectivity index (χ3n) is 4.80. The van der Waals surface area contributed by atoms with Crippen LogP contribution in [0.5, 0.6) is 11.5 Å². The highest BCUT2D eigenvalue weighted by atomic mass is 79.9. The van der Waals surface area contributed by atoms with E-state index in [9.17, 15) is 4.79 Å². The Morgan fingerprint density at radius 1 is 1.17 bits per heavy atom. The number of benzene rings is 1. The van der Waals surface area contributed by atoms with Gasteiger partial charge in [0.25, 0.3) is 0 Å². The van der Waals surface area contributed by atoms with Crippen molar-refractivity contribution < 1.29 is 19.0 Å². The van der Waals surface area contributed by atoms with Crippen molar-refractivity contribution in [2.24, 2.45) is 11.3 Å². The fourth-order valence-electron chi connectivity index (χ4n) is 3.67. The summed E-state index contributed by atoms with van der Waals surface area (Å²) in [6.45, 7) is 6.27. The summed E-state index contributed by atoms with van der Waals surface area (Å²) in [5, 5.41) is 5.89. The summed E-state index contributed by atoms with van der Waals surface area (Å²) in [6, 6.07) is 3.25. The largest absolute Gasteiger partial charge is 0.493 e. The fourth-order valence-corrected chi connectivity index (χ4v) is 4.10. The molecule has 1 aromatic rings. The van der Waals surface area contributed by atoms with Gasteiger partial charge in [-0.15, -0.1) is 0 Å². The summed E-state index contributed by atoms with van der Waals surface area (Å²) < 4.78 is 16.7. The Morgan fingerprint density at radius 3 is 2.25 bits per heavy atom. The first kappa shape index (κ1) is 18.9. The van der Waals surface area contributed by atoms with E-state index in [2.05, 4.69) is 47.3 Å². The smallest absolute Gasteiger partial charge is 0.319 e. The van der Waals surface area contributed by atoms with Gasteiger partial charge in [0.2, 0.25) is 0 Å². The van der Waals surface area contributed by atoms with Gasteiger partial charge in [0.1, 0.15) is 0 Å². The topological polar surface area (TPSA) is 68.8 Å². The number of urea groups is 1. The molecular weight excluding hydrogens is 376 g/mol. The molecule has 0 saturated heterocycles. The van der Waals surface area contributed by atoms with Gasteiger partial charge in [-0.2, -0.15) is 0 Å². The molecule has 3 atom stereocenters. The summed E-state index contributed by atoms with van der Waals surface area (Å²) in [7, 11) is 4.83. The van der Waals surface area contributed by atoms with Gasteiger partial charge in [0.15, 0.2) is 11.5 Å². The maximum Gasteiger partial charge on any atom is 0.319 e. The van der Waals surface area contributed by atoms with E-state index >= 15 is 0 Å². The summed E-state index contributed by atoms with van der Waals surface area (Å²) in [6.07, 6.45) is 0.135. The van der Waals surface area contributed by atoms with E-state index in [1.54, 1.807) is 33.5 Å². The van der Waals surface area contributed by atoms with Gasteiger partial charge in [-0.05, 0) is 15.9 Å². The van der Waals surface area contributed by atoms with Crippen LogP contribution < -0.4 is 20.1 Å². The molecule has 3 unspecified atom stereocenters. The predicted octanol–water partition coefficient (Wildman–Crippen LogP) is 3.65. The number of hydrogen-bond acceptors (Lipinski definition) is 4. The maximum absolute atomic E-state index is 12.4. The van der Waals surface area contributed by atoms with E-state index in [-0.39, 0.29) is 29.5 Å². The van der Waals surface area contributed by atoms with E-state index in [0.717, 1.165) is 0 Å². The van der Waals surface area contributed by atoms with Crippen LogP contribution in [0.2, 0.25) is 0 Å². The molecule has 2 amide bonds. The lowest BCUT2D eigenvalue weighted by molar-refractivity contribution is -0.140. The van der Waals surface area contributed by atoms with Crippen molar-refractivity contribution in [1.82, 2.24) is 5.32 Å². The number of hydrogen-bond donors (Lipinski definition) is 2. The van der Waals surface area contributed by atoms with Crippen molar-refractivity contribution in [1.29, 1.82) is 0 Å². The standard InChI is InChI=1S/C17H25BrN2O4/c1-9-14(17(2,3)15(9)24-6)20-16(21)19-11-8-13(23-5)12(22-4)7-10(11)18/h7-9,14-15H,1-6H3,(H2,19,20,21). The highest BCUT2D eigenvalue weighted by Gasteiger charge is 2.55. The van der Waals surface area contributed by atoms with Gasteiger partial charge in [0, 0.05) is 41.1 Å². The molecular formula is C17H25BrN2O4. The second kappa shape index (κ2) is 7.19. The molecule has 6 nitrogen and oxygen atoms in total. The zero-order valence-electron chi connectivity index (χ0n) is 14.9. The minimum Gasteiger partial charge on any atom is -0.493 e. The van der Waals surface area contributed by atoms with Crippen LogP contribution in [0, 0.1) is 11.3 Å². The van der Waals surface area contributed by atoms with Gasteiger partial charge in [-0.1, -0.05) is 20.8 Å². The number of carbonyl (C=O) groups is 1. The van der Waals surface area contributed by atoms with Crippen molar-refractivity contribution in [2.45, 2.75) is 32.9 Å². The average molecular weight is 401 g/mol. The molecule has 1 aromatic carbocycles. The van der Waals surface area contributed by atoms with Gasteiger partial charge in [-0.25, -0.2) is 4.79 Å². The number of amides is 2. The van der Waals surface area contributed by atoms with Crippen LogP contribution in [0.3, 0.4) is 0 Å². The van der Waals surface area contributed by atoms with Crippen molar-refractivity contribution in [3.63, 3.8) is 0 Å². The number of methoxy groups -OCH3 is 3. The monoisotopic (exact) mass is 400 g/mol. The van der Waals surface area contributed by atoms with Crippen LogP contribution in [0.25, 0.3) is 0 Å². The van der Waals surface area contributed by atoms with Gasteiger partial charge < -0.3 is 24.8 Å².